The highest BCUT2D eigenvalue weighted by molar-refractivity contribution is 5.78. The van der Waals surface area contributed by atoms with E-state index in [9.17, 15) is 4.79 Å². The molecule has 0 unspecified atom stereocenters. The number of piperidine rings is 1. The normalized spacial score (nSPS) is 16.6. The molecule has 0 spiro atoms. The number of carbonyl (C=O) groups excluding carboxylic acids is 1. The first-order valence-electron chi connectivity index (χ1n) is 15.6. The van der Waals surface area contributed by atoms with Crippen LogP contribution in [0.1, 0.15) is 67.3 Å². The van der Waals surface area contributed by atoms with Crippen LogP contribution in [0.25, 0.3) is 11.4 Å². The van der Waals surface area contributed by atoms with Crippen molar-refractivity contribution in [2.75, 3.05) is 19.6 Å². The maximum absolute atomic E-state index is 13.0. The summed E-state index contributed by atoms with van der Waals surface area (Å²) >= 11 is 0. The first kappa shape index (κ1) is 29.3. The zero-order valence-electron chi connectivity index (χ0n) is 25.7. The number of hydrogen-bond acceptors (Lipinski definition) is 6. The Kier molecular flexibility index (Phi) is 8.73. The second kappa shape index (κ2) is 12.8. The van der Waals surface area contributed by atoms with Crippen molar-refractivity contribution in [3.05, 3.63) is 107 Å². The van der Waals surface area contributed by atoms with E-state index < -0.39 is 0 Å². The highest BCUT2D eigenvalue weighted by Gasteiger charge is 2.26. The summed E-state index contributed by atoms with van der Waals surface area (Å²) in [5.41, 5.74) is 7.71. The molecule has 3 heterocycles. The van der Waals surface area contributed by atoms with Gasteiger partial charge in [0, 0.05) is 37.7 Å². The SMILES string of the molecule is CC(C)(C)c1ccc(-c2noc(CN3CCC(C(=O)NCc4cccc(CN5CCc6ccccc6C5)c4)CC3)n2)cc1. The molecule has 2 aliphatic heterocycles. The van der Waals surface area contributed by atoms with Gasteiger partial charge in [-0.15, -0.1) is 0 Å². The lowest BCUT2D eigenvalue weighted by molar-refractivity contribution is -0.126. The van der Waals surface area contributed by atoms with Gasteiger partial charge in [-0.05, 0) is 65.6 Å². The third-order valence-corrected chi connectivity index (χ3v) is 8.87. The van der Waals surface area contributed by atoms with E-state index in [1.165, 1.54) is 22.3 Å². The van der Waals surface area contributed by atoms with Crippen LogP contribution in [0.5, 0.6) is 0 Å². The highest BCUT2D eigenvalue weighted by atomic mass is 16.5. The van der Waals surface area contributed by atoms with Crippen LogP contribution in [-0.4, -0.2) is 45.5 Å². The van der Waals surface area contributed by atoms with Crippen LogP contribution in [-0.2, 0) is 42.8 Å². The molecule has 4 aromatic rings. The lowest BCUT2D eigenvalue weighted by atomic mass is 9.87. The molecule has 6 rings (SSSR count). The topological polar surface area (TPSA) is 74.5 Å². The summed E-state index contributed by atoms with van der Waals surface area (Å²) in [6.07, 6.45) is 2.77. The zero-order chi connectivity index (χ0) is 29.8. The Morgan fingerprint density at radius 1 is 0.884 bits per heavy atom. The Labute approximate surface area is 255 Å². The van der Waals surface area contributed by atoms with Gasteiger partial charge in [0.1, 0.15) is 0 Å². The van der Waals surface area contributed by atoms with Gasteiger partial charge in [0.2, 0.25) is 17.6 Å². The number of nitrogens with one attached hydrogen (secondary N) is 1. The van der Waals surface area contributed by atoms with Crippen molar-refractivity contribution >= 4 is 5.91 Å². The largest absolute Gasteiger partial charge is 0.352 e. The number of amides is 1. The Balaban J connectivity index is 0.946. The van der Waals surface area contributed by atoms with Gasteiger partial charge < -0.3 is 9.84 Å². The van der Waals surface area contributed by atoms with E-state index in [2.05, 4.69) is 119 Å². The predicted molar refractivity (Wildman–Crippen MR) is 169 cm³/mol. The van der Waals surface area contributed by atoms with E-state index in [4.69, 9.17) is 4.52 Å². The second-order valence-electron chi connectivity index (χ2n) is 13.2. The van der Waals surface area contributed by atoms with Crippen LogP contribution >= 0.6 is 0 Å². The average molecular weight is 578 g/mol. The number of nitrogens with zero attached hydrogens (tertiary/aromatic N) is 4. The van der Waals surface area contributed by atoms with Crippen LogP contribution < -0.4 is 5.32 Å². The molecule has 0 bridgehead atoms. The van der Waals surface area contributed by atoms with Gasteiger partial charge >= 0.3 is 0 Å². The van der Waals surface area contributed by atoms with Gasteiger partial charge in [-0.3, -0.25) is 14.6 Å². The molecular weight excluding hydrogens is 534 g/mol. The zero-order valence-corrected chi connectivity index (χ0v) is 25.7. The number of fused-ring (bicyclic) bond motifs is 1. The standard InChI is InChI=1S/C36H43N5O2/c1-36(2,3)32-13-11-29(12-14-32)34-38-33(43-39-34)25-40-18-16-30(17-19-40)35(42)37-22-26-7-6-8-27(21-26)23-41-20-15-28-9-4-5-10-31(28)24-41/h4-14,21,30H,15-20,22-25H2,1-3H3,(H,37,42). The number of hydrogen-bond donors (Lipinski definition) is 1. The van der Waals surface area contributed by atoms with Gasteiger partial charge in [0.05, 0.1) is 6.54 Å². The number of carbonyl (C=O) groups is 1. The quantitative estimate of drug-likeness (QED) is 0.272. The fraction of sp³-hybridized carbons (Fsp3) is 0.417. The summed E-state index contributed by atoms with van der Waals surface area (Å²) in [4.78, 5) is 22.5. The third kappa shape index (κ3) is 7.40. The minimum absolute atomic E-state index is 0.0347. The molecule has 224 valence electrons. The first-order chi connectivity index (χ1) is 20.8. The molecule has 1 N–H and O–H groups in total. The molecule has 3 aromatic carbocycles. The Morgan fingerprint density at radius 2 is 1.63 bits per heavy atom. The molecular formula is C36H43N5O2. The molecule has 7 heteroatoms. The molecule has 1 aromatic heterocycles. The molecule has 1 amide bonds. The minimum atomic E-state index is 0.0347. The molecule has 0 saturated carbocycles. The van der Waals surface area contributed by atoms with Gasteiger partial charge in [-0.2, -0.15) is 4.98 Å². The van der Waals surface area contributed by atoms with E-state index >= 15 is 0 Å². The summed E-state index contributed by atoms with van der Waals surface area (Å²) in [7, 11) is 0. The summed E-state index contributed by atoms with van der Waals surface area (Å²) in [5, 5.41) is 7.41. The Bertz CT molecular complexity index is 1530. The van der Waals surface area contributed by atoms with E-state index in [0.717, 1.165) is 63.1 Å². The van der Waals surface area contributed by atoms with Gasteiger partial charge in [-0.25, -0.2) is 0 Å². The summed E-state index contributed by atoms with van der Waals surface area (Å²) in [6, 6.07) is 25.8. The van der Waals surface area contributed by atoms with Crippen LogP contribution in [0.3, 0.4) is 0 Å². The molecule has 2 aliphatic rings. The van der Waals surface area contributed by atoms with Crippen LogP contribution in [0.4, 0.5) is 0 Å². The molecule has 0 atom stereocenters. The lowest BCUT2D eigenvalue weighted by Crippen LogP contribution is -2.40. The van der Waals surface area contributed by atoms with Crippen LogP contribution in [0.2, 0.25) is 0 Å². The van der Waals surface area contributed by atoms with Crippen molar-refractivity contribution in [2.24, 2.45) is 5.92 Å². The molecule has 1 fully saturated rings. The highest BCUT2D eigenvalue weighted by Crippen LogP contribution is 2.26. The fourth-order valence-corrected chi connectivity index (χ4v) is 6.22. The molecule has 1 saturated heterocycles. The van der Waals surface area contributed by atoms with Crippen molar-refractivity contribution in [1.82, 2.24) is 25.3 Å². The number of benzene rings is 3. The number of aromatic nitrogens is 2. The van der Waals surface area contributed by atoms with Crippen molar-refractivity contribution in [3.8, 4) is 11.4 Å². The molecule has 7 nitrogen and oxygen atoms in total. The molecule has 43 heavy (non-hydrogen) atoms. The van der Waals surface area contributed by atoms with E-state index in [-0.39, 0.29) is 17.2 Å². The van der Waals surface area contributed by atoms with Gasteiger partial charge in [0.25, 0.3) is 0 Å². The predicted octanol–water partition coefficient (Wildman–Crippen LogP) is 6.12. The Morgan fingerprint density at radius 3 is 2.40 bits per heavy atom. The summed E-state index contributed by atoms with van der Waals surface area (Å²) < 4.78 is 5.57. The van der Waals surface area contributed by atoms with Crippen LogP contribution in [0, 0.1) is 5.92 Å². The maximum Gasteiger partial charge on any atom is 0.241 e. The van der Waals surface area contributed by atoms with E-state index in [0.29, 0.717) is 24.8 Å². The molecule has 0 aliphatic carbocycles. The van der Waals surface area contributed by atoms with Crippen LogP contribution in [0.15, 0.2) is 77.3 Å². The lowest BCUT2D eigenvalue weighted by Gasteiger charge is -2.30. The molecule has 0 radical (unpaired) electrons. The first-order valence-corrected chi connectivity index (χ1v) is 15.6. The summed E-state index contributed by atoms with van der Waals surface area (Å²) in [5.74, 6) is 1.42. The van der Waals surface area contributed by atoms with Crippen molar-refractivity contribution < 1.29 is 9.32 Å². The van der Waals surface area contributed by atoms with Gasteiger partial charge in [0.15, 0.2) is 0 Å². The Hall–Kier alpha value is -3.81. The number of rotatable bonds is 8. The van der Waals surface area contributed by atoms with E-state index in [1.54, 1.807) is 0 Å². The van der Waals surface area contributed by atoms with Crippen molar-refractivity contribution in [3.63, 3.8) is 0 Å². The van der Waals surface area contributed by atoms with E-state index in [1.807, 2.05) is 0 Å². The summed E-state index contributed by atoms with van der Waals surface area (Å²) in [6.45, 7) is 12.5. The van der Waals surface area contributed by atoms with Crippen molar-refractivity contribution in [2.45, 2.75) is 71.6 Å². The monoisotopic (exact) mass is 577 g/mol. The smallest absolute Gasteiger partial charge is 0.241 e. The third-order valence-electron chi connectivity index (χ3n) is 8.87. The second-order valence-corrected chi connectivity index (χ2v) is 13.2. The maximum atomic E-state index is 13.0. The van der Waals surface area contributed by atoms with Crippen molar-refractivity contribution in [1.29, 1.82) is 0 Å². The fourth-order valence-electron chi connectivity index (χ4n) is 6.22. The minimum Gasteiger partial charge on any atom is -0.352 e. The average Bonchev–Trinajstić information content (AvgIpc) is 3.48. The van der Waals surface area contributed by atoms with Gasteiger partial charge in [-0.1, -0.05) is 98.7 Å². The number of likely N-dealkylation sites (tertiary alicyclic amines) is 1.